The Morgan fingerprint density at radius 3 is 2.43 bits per heavy atom. The number of hydrogen-bond acceptors (Lipinski definition) is 6. The fourth-order valence-electron chi connectivity index (χ4n) is 4.52. The number of ketones is 1. The van der Waals surface area contributed by atoms with Crippen LogP contribution in [-0.4, -0.2) is 56.0 Å². The van der Waals surface area contributed by atoms with Crippen LogP contribution >= 0.6 is 0 Å². The maximum absolute atomic E-state index is 14.8. The third kappa shape index (κ3) is 6.84. The van der Waals surface area contributed by atoms with Crippen molar-refractivity contribution in [2.24, 2.45) is 0 Å². The van der Waals surface area contributed by atoms with Gasteiger partial charge in [-0.2, -0.15) is 0 Å². The third-order valence-electron chi connectivity index (χ3n) is 6.45. The summed E-state index contributed by atoms with van der Waals surface area (Å²) in [6.07, 6.45) is 2.05. The van der Waals surface area contributed by atoms with Gasteiger partial charge in [-0.15, -0.1) is 0 Å². The number of carbonyl (C=O) groups is 4. The summed E-state index contributed by atoms with van der Waals surface area (Å²) in [5.74, 6) is -1.12. The van der Waals surface area contributed by atoms with Crippen LogP contribution in [0.2, 0.25) is 0 Å². The van der Waals surface area contributed by atoms with E-state index < -0.39 is 12.2 Å². The second-order valence-corrected chi connectivity index (χ2v) is 9.29. The Kier molecular flexibility index (Phi) is 8.37. The normalized spacial score (nSPS) is 17.4. The van der Waals surface area contributed by atoms with Crippen LogP contribution in [0.4, 0.5) is 26.2 Å². The molecule has 37 heavy (non-hydrogen) atoms. The molecule has 0 aromatic heterocycles. The lowest BCUT2D eigenvalue weighted by Gasteiger charge is -2.29. The van der Waals surface area contributed by atoms with E-state index in [9.17, 15) is 23.6 Å². The van der Waals surface area contributed by atoms with Crippen molar-refractivity contribution >= 4 is 40.8 Å². The van der Waals surface area contributed by atoms with Crippen molar-refractivity contribution in [3.63, 3.8) is 0 Å². The Morgan fingerprint density at radius 1 is 1.03 bits per heavy atom. The van der Waals surface area contributed by atoms with Crippen molar-refractivity contribution in [1.29, 1.82) is 0 Å². The van der Waals surface area contributed by atoms with Gasteiger partial charge in [0, 0.05) is 44.1 Å². The highest BCUT2D eigenvalue weighted by Gasteiger charge is 2.33. The van der Waals surface area contributed by atoms with Crippen LogP contribution in [0.25, 0.3) is 0 Å². The standard InChI is InChI=1S/C27H31FN4O5/c1-18(33)30-20-7-5-19(6-8-20)25(34)11-12-26(35)29-16-22-17-32(27(36)37-22)21-9-10-24(23(28)15-21)31-13-3-2-4-14-31/h5-10,15,22H,2-4,11-14,16-17H2,1H3,(H,29,35)(H,30,33). The second kappa shape index (κ2) is 11.9. The summed E-state index contributed by atoms with van der Waals surface area (Å²) in [4.78, 5) is 51.5. The fraction of sp³-hybridized carbons (Fsp3) is 0.407. The minimum atomic E-state index is -0.595. The average molecular weight is 511 g/mol. The second-order valence-electron chi connectivity index (χ2n) is 9.29. The van der Waals surface area contributed by atoms with Gasteiger partial charge in [0.25, 0.3) is 0 Å². The van der Waals surface area contributed by atoms with E-state index >= 15 is 0 Å². The molecule has 2 aliphatic rings. The van der Waals surface area contributed by atoms with Crippen molar-refractivity contribution in [2.45, 2.75) is 45.1 Å². The van der Waals surface area contributed by atoms with E-state index in [-0.39, 0.29) is 49.3 Å². The van der Waals surface area contributed by atoms with Crippen molar-refractivity contribution in [1.82, 2.24) is 5.32 Å². The summed E-state index contributed by atoms with van der Waals surface area (Å²) in [7, 11) is 0. The molecule has 0 aliphatic carbocycles. The molecule has 0 radical (unpaired) electrons. The summed E-state index contributed by atoms with van der Waals surface area (Å²) < 4.78 is 20.1. The van der Waals surface area contributed by atoms with E-state index in [2.05, 4.69) is 10.6 Å². The lowest BCUT2D eigenvalue weighted by atomic mass is 10.1. The van der Waals surface area contributed by atoms with Crippen LogP contribution in [0.5, 0.6) is 0 Å². The quantitative estimate of drug-likeness (QED) is 0.496. The maximum Gasteiger partial charge on any atom is 0.414 e. The number of rotatable bonds is 9. The molecule has 3 amide bonds. The van der Waals surface area contributed by atoms with Crippen molar-refractivity contribution in [3.05, 3.63) is 53.8 Å². The number of hydrogen-bond donors (Lipinski definition) is 2. The number of amides is 3. The number of ether oxygens (including phenoxy) is 1. The van der Waals surface area contributed by atoms with Gasteiger partial charge in [0.15, 0.2) is 5.78 Å². The van der Waals surface area contributed by atoms with E-state index in [1.54, 1.807) is 36.4 Å². The number of nitrogens with zero attached hydrogens (tertiary/aromatic N) is 2. The molecule has 2 N–H and O–H groups in total. The van der Waals surface area contributed by atoms with Crippen molar-refractivity contribution in [2.75, 3.05) is 41.3 Å². The molecule has 4 rings (SSSR count). The van der Waals surface area contributed by atoms with Crippen LogP contribution in [0.3, 0.4) is 0 Å². The van der Waals surface area contributed by atoms with Gasteiger partial charge < -0.3 is 20.3 Å². The lowest BCUT2D eigenvalue weighted by molar-refractivity contribution is -0.121. The van der Waals surface area contributed by atoms with E-state index in [0.717, 1.165) is 32.4 Å². The molecule has 2 aromatic carbocycles. The highest BCUT2D eigenvalue weighted by molar-refractivity contribution is 5.98. The first kappa shape index (κ1) is 26.1. The summed E-state index contributed by atoms with van der Waals surface area (Å²) in [6, 6.07) is 11.2. The predicted molar refractivity (Wildman–Crippen MR) is 137 cm³/mol. The molecule has 2 heterocycles. The van der Waals surface area contributed by atoms with Crippen LogP contribution < -0.4 is 20.4 Å². The first-order chi connectivity index (χ1) is 17.8. The Labute approximate surface area is 214 Å². The van der Waals surface area contributed by atoms with Gasteiger partial charge in [0.05, 0.1) is 24.5 Å². The first-order valence-electron chi connectivity index (χ1n) is 12.5. The molecular formula is C27H31FN4O5. The molecular weight excluding hydrogens is 479 g/mol. The number of piperidine rings is 1. The molecule has 1 unspecified atom stereocenters. The van der Waals surface area contributed by atoms with Gasteiger partial charge in [-0.3, -0.25) is 19.3 Å². The smallest absolute Gasteiger partial charge is 0.414 e. The van der Waals surface area contributed by atoms with E-state index in [0.29, 0.717) is 22.6 Å². The zero-order chi connectivity index (χ0) is 26.4. The molecule has 2 aliphatic heterocycles. The zero-order valence-corrected chi connectivity index (χ0v) is 20.8. The molecule has 0 spiro atoms. The minimum Gasteiger partial charge on any atom is -0.442 e. The Morgan fingerprint density at radius 2 is 1.76 bits per heavy atom. The summed E-state index contributed by atoms with van der Waals surface area (Å²) in [5, 5.41) is 5.32. The number of halogens is 1. The van der Waals surface area contributed by atoms with E-state index in [1.165, 1.54) is 17.9 Å². The number of Topliss-reactive ketones (excluding diaryl/α,β-unsaturated/α-hetero) is 1. The molecule has 2 aromatic rings. The zero-order valence-electron chi connectivity index (χ0n) is 20.8. The van der Waals surface area contributed by atoms with E-state index in [4.69, 9.17) is 4.74 Å². The predicted octanol–water partition coefficient (Wildman–Crippen LogP) is 3.88. The Balaban J connectivity index is 1.23. The van der Waals surface area contributed by atoms with Crippen molar-refractivity contribution < 1.29 is 28.3 Å². The van der Waals surface area contributed by atoms with Gasteiger partial charge in [0.2, 0.25) is 11.8 Å². The lowest BCUT2D eigenvalue weighted by Crippen LogP contribution is -2.34. The number of carbonyl (C=O) groups excluding carboxylic acids is 4. The number of nitrogens with one attached hydrogen (secondary N) is 2. The Hall–Kier alpha value is -3.95. The largest absolute Gasteiger partial charge is 0.442 e. The highest BCUT2D eigenvalue weighted by atomic mass is 19.1. The van der Waals surface area contributed by atoms with Crippen LogP contribution in [-0.2, 0) is 14.3 Å². The van der Waals surface area contributed by atoms with Crippen LogP contribution in [0.15, 0.2) is 42.5 Å². The van der Waals surface area contributed by atoms with Gasteiger partial charge in [0.1, 0.15) is 11.9 Å². The highest BCUT2D eigenvalue weighted by Crippen LogP contribution is 2.29. The third-order valence-corrected chi connectivity index (χ3v) is 6.45. The molecule has 2 fully saturated rings. The summed E-state index contributed by atoms with van der Waals surface area (Å²) in [5.41, 5.74) is 1.98. The maximum atomic E-state index is 14.8. The first-order valence-corrected chi connectivity index (χ1v) is 12.5. The van der Waals surface area contributed by atoms with Crippen LogP contribution in [0.1, 0.15) is 49.4 Å². The Bertz CT molecular complexity index is 1160. The molecule has 2 saturated heterocycles. The number of benzene rings is 2. The molecule has 10 heteroatoms. The van der Waals surface area contributed by atoms with E-state index in [1.807, 2.05) is 4.90 Å². The molecule has 0 saturated carbocycles. The molecule has 1 atom stereocenters. The topological polar surface area (TPSA) is 108 Å². The van der Waals surface area contributed by atoms with Gasteiger partial charge in [-0.05, 0) is 61.7 Å². The summed E-state index contributed by atoms with van der Waals surface area (Å²) in [6.45, 7) is 3.31. The average Bonchev–Trinajstić information content (AvgIpc) is 3.27. The SMILES string of the molecule is CC(=O)Nc1ccc(C(=O)CCC(=O)NCC2CN(c3ccc(N4CCCCC4)c(F)c3)C(=O)O2)cc1. The van der Waals surface area contributed by atoms with Crippen molar-refractivity contribution in [3.8, 4) is 0 Å². The minimum absolute atomic E-state index is 0.0141. The molecule has 0 bridgehead atoms. The van der Waals surface area contributed by atoms with Crippen LogP contribution in [0, 0.1) is 5.82 Å². The fourth-order valence-corrected chi connectivity index (χ4v) is 4.52. The van der Waals surface area contributed by atoms with Gasteiger partial charge in [-0.25, -0.2) is 9.18 Å². The number of anilines is 3. The summed E-state index contributed by atoms with van der Waals surface area (Å²) >= 11 is 0. The molecule has 196 valence electrons. The number of cyclic esters (lactones) is 1. The monoisotopic (exact) mass is 510 g/mol. The van der Waals surface area contributed by atoms with Gasteiger partial charge in [-0.1, -0.05) is 0 Å². The van der Waals surface area contributed by atoms with Gasteiger partial charge >= 0.3 is 6.09 Å². The molecule has 9 nitrogen and oxygen atoms in total.